The topological polar surface area (TPSA) is 55.6 Å². The van der Waals surface area contributed by atoms with Crippen LogP contribution < -0.4 is 5.73 Å². The number of nitrogens with zero attached hydrogens (tertiary/aromatic N) is 1. The van der Waals surface area contributed by atoms with Crippen molar-refractivity contribution in [3.8, 4) is 0 Å². The first-order valence-corrected chi connectivity index (χ1v) is 8.83. The molecule has 1 saturated heterocycles. The van der Waals surface area contributed by atoms with Crippen molar-refractivity contribution in [2.24, 2.45) is 5.73 Å². The summed E-state index contributed by atoms with van der Waals surface area (Å²) in [5, 5.41) is 0. The number of rotatable bonds is 5. The summed E-state index contributed by atoms with van der Waals surface area (Å²) in [6, 6.07) is 4.48. The summed E-state index contributed by atoms with van der Waals surface area (Å²) >= 11 is 1.68. The van der Waals surface area contributed by atoms with E-state index in [9.17, 15) is 9.18 Å². The second-order valence-corrected chi connectivity index (χ2v) is 6.53. The highest BCUT2D eigenvalue weighted by Gasteiger charge is 2.28. The Balaban J connectivity index is 2.01. The molecule has 4 nitrogen and oxygen atoms in total. The molecule has 1 heterocycles. The monoisotopic (exact) mass is 326 g/mol. The molecule has 1 amide bonds. The molecule has 0 aromatic heterocycles. The molecule has 1 aliphatic rings. The summed E-state index contributed by atoms with van der Waals surface area (Å²) in [6.45, 7) is 3.23. The van der Waals surface area contributed by atoms with E-state index in [-0.39, 0.29) is 17.8 Å². The average molecular weight is 326 g/mol. The molecule has 0 aliphatic carbocycles. The minimum absolute atomic E-state index is 0.0267. The Hall–Kier alpha value is -1.11. The number of ether oxygens (including phenoxy) is 1. The highest BCUT2D eigenvalue weighted by molar-refractivity contribution is 7.98. The van der Waals surface area contributed by atoms with Crippen LogP contribution in [-0.2, 0) is 9.53 Å². The van der Waals surface area contributed by atoms with Crippen LogP contribution in [0.1, 0.15) is 23.7 Å². The first-order chi connectivity index (χ1) is 10.5. The van der Waals surface area contributed by atoms with Gasteiger partial charge in [0.05, 0.1) is 19.2 Å². The predicted octanol–water partition coefficient (Wildman–Crippen LogP) is 2.11. The van der Waals surface area contributed by atoms with E-state index in [0.717, 1.165) is 11.3 Å². The zero-order chi connectivity index (χ0) is 16.1. The molecule has 1 aromatic carbocycles. The number of aryl methyl sites for hydroxylation is 1. The van der Waals surface area contributed by atoms with Crippen molar-refractivity contribution in [3.05, 3.63) is 35.1 Å². The minimum Gasteiger partial charge on any atom is -0.370 e. The average Bonchev–Trinajstić information content (AvgIpc) is 2.54. The van der Waals surface area contributed by atoms with Crippen LogP contribution in [0.5, 0.6) is 0 Å². The lowest BCUT2D eigenvalue weighted by Crippen LogP contribution is -2.49. The Morgan fingerprint density at radius 1 is 1.59 bits per heavy atom. The molecule has 0 radical (unpaired) electrons. The predicted molar refractivity (Wildman–Crippen MR) is 87.4 cm³/mol. The van der Waals surface area contributed by atoms with Gasteiger partial charge in [-0.15, -0.1) is 0 Å². The molecule has 6 heteroatoms. The van der Waals surface area contributed by atoms with Crippen molar-refractivity contribution in [1.29, 1.82) is 0 Å². The summed E-state index contributed by atoms with van der Waals surface area (Å²) in [7, 11) is 0. The van der Waals surface area contributed by atoms with Gasteiger partial charge in [0.1, 0.15) is 11.9 Å². The number of carbonyl (C=O) groups is 1. The van der Waals surface area contributed by atoms with Crippen molar-refractivity contribution < 1.29 is 13.9 Å². The molecule has 2 N–H and O–H groups in total. The minimum atomic E-state index is -0.457. The maximum atomic E-state index is 13.4. The fourth-order valence-corrected chi connectivity index (χ4v) is 3.01. The van der Waals surface area contributed by atoms with E-state index < -0.39 is 6.04 Å². The molecule has 0 saturated carbocycles. The Kier molecular flexibility index (Phi) is 6.23. The lowest BCUT2D eigenvalue weighted by molar-refractivity contribution is -0.140. The first kappa shape index (κ1) is 17.2. The molecular formula is C16H23FN2O2S. The number of amides is 1. The normalized spacial score (nSPS) is 20.0. The van der Waals surface area contributed by atoms with E-state index in [1.807, 2.05) is 6.26 Å². The van der Waals surface area contributed by atoms with Crippen LogP contribution in [0.2, 0.25) is 0 Å². The van der Waals surface area contributed by atoms with Crippen molar-refractivity contribution in [1.82, 2.24) is 4.90 Å². The SMILES string of the molecule is CSCC[C@H](N)C(=O)N1CCOC(c2ccc(F)c(C)c2)C1. The van der Waals surface area contributed by atoms with Crippen LogP contribution in [0, 0.1) is 12.7 Å². The van der Waals surface area contributed by atoms with Gasteiger partial charge in [0.15, 0.2) is 0 Å². The number of halogens is 1. The van der Waals surface area contributed by atoms with Gasteiger partial charge in [0, 0.05) is 6.54 Å². The fourth-order valence-electron chi connectivity index (χ4n) is 2.52. The Morgan fingerprint density at radius 2 is 2.36 bits per heavy atom. The molecule has 0 spiro atoms. The highest BCUT2D eigenvalue weighted by Crippen LogP contribution is 2.24. The van der Waals surface area contributed by atoms with Gasteiger partial charge in [-0.1, -0.05) is 12.1 Å². The zero-order valence-electron chi connectivity index (χ0n) is 13.0. The van der Waals surface area contributed by atoms with Gasteiger partial charge in [0.25, 0.3) is 0 Å². The molecular weight excluding hydrogens is 303 g/mol. The van der Waals surface area contributed by atoms with E-state index in [0.29, 0.717) is 31.7 Å². The number of benzene rings is 1. The Bertz CT molecular complexity index is 527. The lowest BCUT2D eigenvalue weighted by Gasteiger charge is -2.34. The van der Waals surface area contributed by atoms with E-state index in [2.05, 4.69) is 0 Å². The Labute approximate surface area is 135 Å². The standard InChI is InChI=1S/C16H23FN2O2S/c1-11-9-12(3-4-13(11)17)15-10-19(6-7-21-15)16(20)14(18)5-8-22-2/h3-4,9,14-15H,5-8,10,18H2,1-2H3/t14-,15?/m0/s1. The number of nitrogens with two attached hydrogens (primary N) is 1. The van der Waals surface area contributed by atoms with Crippen molar-refractivity contribution >= 4 is 17.7 Å². The van der Waals surface area contributed by atoms with Crippen molar-refractivity contribution in [2.75, 3.05) is 31.7 Å². The molecule has 1 aromatic rings. The summed E-state index contributed by atoms with van der Waals surface area (Å²) in [4.78, 5) is 14.1. The molecule has 1 unspecified atom stereocenters. The van der Waals surface area contributed by atoms with Gasteiger partial charge in [-0.3, -0.25) is 4.79 Å². The van der Waals surface area contributed by atoms with Crippen LogP contribution in [0.25, 0.3) is 0 Å². The number of morpholine rings is 1. The molecule has 0 bridgehead atoms. The van der Waals surface area contributed by atoms with E-state index >= 15 is 0 Å². The van der Waals surface area contributed by atoms with Crippen LogP contribution in [0.4, 0.5) is 4.39 Å². The largest absolute Gasteiger partial charge is 0.370 e. The van der Waals surface area contributed by atoms with Gasteiger partial charge in [-0.2, -0.15) is 11.8 Å². The van der Waals surface area contributed by atoms with Crippen LogP contribution >= 0.6 is 11.8 Å². The van der Waals surface area contributed by atoms with Crippen LogP contribution in [0.15, 0.2) is 18.2 Å². The molecule has 1 aliphatic heterocycles. The quantitative estimate of drug-likeness (QED) is 0.900. The summed E-state index contributed by atoms with van der Waals surface area (Å²) in [5.74, 6) is 0.616. The first-order valence-electron chi connectivity index (χ1n) is 7.44. The number of hydrogen-bond donors (Lipinski definition) is 1. The van der Waals surface area contributed by atoms with Gasteiger partial charge in [0.2, 0.25) is 5.91 Å². The fraction of sp³-hybridized carbons (Fsp3) is 0.562. The third-order valence-corrected chi connectivity index (χ3v) is 4.53. The van der Waals surface area contributed by atoms with E-state index in [1.165, 1.54) is 6.07 Å². The molecule has 22 heavy (non-hydrogen) atoms. The van der Waals surface area contributed by atoms with E-state index in [4.69, 9.17) is 10.5 Å². The molecule has 1 fully saturated rings. The molecule has 2 atom stereocenters. The number of thioether (sulfide) groups is 1. The van der Waals surface area contributed by atoms with Gasteiger partial charge in [-0.05, 0) is 42.5 Å². The summed E-state index contributed by atoms with van der Waals surface area (Å²) < 4.78 is 19.1. The number of carbonyl (C=O) groups excluding carboxylic acids is 1. The Morgan fingerprint density at radius 3 is 3.05 bits per heavy atom. The van der Waals surface area contributed by atoms with Gasteiger partial charge in [-0.25, -0.2) is 4.39 Å². The van der Waals surface area contributed by atoms with Crippen molar-refractivity contribution in [3.63, 3.8) is 0 Å². The highest BCUT2D eigenvalue weighted by atomic mass is 32.2. The third-order valence-electron chi connectivity index (χ3n) is 3.88. The lowest BCUT2D eigenvalue weighted by atomic mass is 10.0. The third kappa shape index (κ3) is 4.21. The zero-order valence-corrected chi connectivity index (χ0v) is 13.9. The van der Waals surface area contributed by atoms with Crippen molar-refractivity contribution in [2.45, 2.75) is 25.5 Å². The maximum absolute atomic E-state index is 13.4. The maximum Gasteiger partial charge on any atom is 0.239 e. The second kappa shape index (κ2) is 7.94. The van der Waals surface area contributed by atoms with E-state index in [1.54, 1.807) is 35.7 Å². The molecule has 122 valence electrons. The summed E-state index contributed by atoms with van der Waals surface area (Å²) in [6.07, 6.45) is 2.46. The second-order valence-electron chi connectivity index (χ2n) is 5.54. The van der Waals surface area contributed by atoms with Crippen LogP contribution in [-0.4, -0.2) is 48.6 Å². The smallest absolute Gasteiger partial charge is 0.239 e. The molecule has 2 rings (SSSR count). The summed E-state index contributed by atoms with van der Waals surface area (Å²) in [5.41, 5.74) is 7.45. The van der Waals surface area contributed by atoms with Gasteiger partial charge >= 0.3 is 0 Å². The number of hydrogen-bond acceptors (Lipinski definition) is 4. The van der Waals surface area contributed by atoms with Gasteiger partial charge < -0.3 is 15.4 Å². The van der Waals surface area contributed by atoms with Crippen LogP contribution in [0.3, 0.4) is 0 Å².